The summed E-state index contributed by atoms with van der Waals surface area (Å²) in [7, 11) is 0. The van der Waals surface area contributed by atoms with Gasteiger partial charge in [0.2, 0.25) is 0 Å². The highest BCUT2D eigenvalue weighted by Crippen LogP contribution is 2.27. The first kappa shape index (κ1) is 14.0. The molecule has 1 rings (SSSR count). The summed E-state index contributed by atoms with van der Waals surface area (Å²) in [5.74, 6) is -1.53. The molecule has 94 valence electrons. The zero-order valence-electron chi connectivity index (χ0n) is 8.84. The van der Waals surface area contributed by atoms with Crippen molar-refractivity contribution in [1.82, 2.24) is 4.98 Å². The van der Waals surface area contributed by atoms with Crippen molar-refractivity contribution in [2.75, 3.05) is 6.61 Å². The van der Waals surface area contributed by atoms with E-state index in [2.05, 4.69) is 25.7 Å². The third-order valence-electron chi connectivity index (χ3n) is 1.85. The van der Waals surface area contributed by atoms with E-state index in [-0.39, 0.29) is 16.8 Å². The van der Waals surface area contributed by atoms with E-state index in [9.17, 15) is 18.0 Å². The molecule has 0 aliphatic rings. The van der Waals surface area contributed by atoms with E-state index in [0.29, 0.717) is 0 Å². The second kappa shape index (κ2) is 6.00. The van der Waals surface area contributed by atoms with Crippen LogP contribution < -0.4 is 0 Å². The second-order valence-electron chi connectivity index (χ2n) is 3.07. The first-order valence-electron chi connectivity index (χ1n) is 4.74. The van der Waals surface area contributed by atoms with Crippen LogP contribution in [-0.4, -0.2) is 17.6 Å². The average molecular weight is 312 g/mol. The molecule has 0 aromatic carbocycles. The van der Waals surface area contributed by atoms with Gasteiger partial charge in [-0.05, 0) is 28.9 Å². The van der Waals surface area contributed by atoms with Crippen molar-refractivity contribution in [2.45, 2.75) is 19.8 Å². The number of hydrogen-bond acceptors (Lipinski definition) is 3. The summed E-state index contributed by atoms with van der Waals surface area (Å²) >= 11 is 2.78. The maximum Gasteiger partial charge on any atom is 0.311 e. The molecule has 0 unspecified atom stereocenters. The van der Waals surface area contributed by atoms with Crippen LogP contribution >= 0.6 is 15.9 Å². The van der Waals surface area contributed by atoms with Gasteiger partial charge in [0.05, 0.1) is 18.7 Å². The summed E-state index contributed by atoms with van der Waals surface area (Å²) in [4.78, 5) is 14.5. The van der Waals surface area contributed by atoms with Crippen LogP contribution in [0.3, 0.4) is 0 Å². The number of hydrogen-bond donors (Lipinski definition) is 0. The fourth-order valence-electron chi connectivity index (χ4n) is 1.15. The van der Waals surface area contributed by atoms with E-state index in [1.54, 1.807) is 6.92 Å². The van der Waals surface area contributed by atoms with Gasteiger partial charge in [0.1, 0.15) is 11.5 Å². The van der Waals surface area contributed by atoms with E-state index in [4.69, 9.17) is 0 Å². The molecule has 1 aromatic rings. The zero-order valence-corrected chi connectivity index (χ0v) is 10.4. The monoisotopic (exact) mass is 311 g/mol. The van der Waals surface area contributed by atoms with Crippen LogP contribution in [0.1, 0.15) is 24.7 Å². The average Bonchev–Trinajstić information content (AvgIpc) is 2.21. The molecule has 7 heteroatoms. The Hall–Kier alpha value is -1.11. The first-order valence-corrected chi connectivity index (χ1v) is 5.53. The number of ether oxygens (including phenoxy) is 1. The summed E-state index contributed by atoms with van der Waals surface area (Å²) in [6.07, 6.45) is -3.31. The summed E-state index contributed by atoms with van der Waals surface area (Å²) in [6.45, 7) is 1.73. The first-order chi connectivity index (χ1) is 7.95. The molecule has 1 aromatic heterocycles. The van der Waals surface area contributed by atoms with Gasteiger partial charge in [0.25, 0.3) is 6.43 Å². The third-order valence-corrected chi connectivity index (χ3v) is 2.49. The smallest absolute Gasteiger partial charge is 0.311 e. The lowest BCUT2D eigenvalue weighted by Gasteiger charge is -2.07. The van der Waals surface area contributed by atoms with Gasteiger partial charge in [-0.25, -0.2) is 18.2 Å². The Kier molecular flexibility index (Phi) is 4.92. The molecular formula is C10H9BrF3NO2. The number of carbonyl (C=O) groups excluding carboxylic acids is 1. The zero-order chi connectivity index (χ0) is 13.0. The fourth-order valence-corrected chi connectivity index (χ4v) is 1.61. The number of alkyl halides is 2. The molecule has 17 heavy (non-hydrogen) atoms. The Morgan fingerprint density at radius 3 is 2.76 bits per heavy atom. The van der Waals surface area contributed by atoms with Crippen LogP contribution in [0.4, 0.5) is 13.2 Å². The maximum atomic E-state index is 13.3. The van der Waals surface area contributed by atoms with Gasteiger partial charge in [0.15, 0.2) is 0 Å². The van der Waals surface area contributed by atoms with Crippen molar-refractivity contribution in [3.05, 3.63) is 27.7 Å². The van der Waals surface area contributed by atoms with Crippen molar-refractivity contribution in [1.29, 1.82) is 0 Å². The number of rotatable bonds is 4. The lowest BCUT2D eigenvalue weighted by molar-refractivity contribution is -0.142. The van der Waals surface area contributed by atoms with Crippen molar-refractivity contribution in [2.24, 2.45) is 0 Å². The molecule has 0 aliphatic heterocycles. The van der Waals surface area contributed by atoms with E-state index < -0.39 is 30.3 Å². The van der Waals surface area contributed by atoms with Gasteiger partial charge in [0, 0.05) is 4.47 Å². The highest BCUT2D eigenvalue weighted by molar-refractivity contribution is 9.10. The van der Waals surface area contributed by atoms with Crippen molar-refractivity contribution in [3.63, 3.8) is 0 Å². The number of esters is 1. The summed E-state index contributed by atoms with van der Waals surface area (Å²) < 4.78 is 42.8. The Morgan fingerprint density at radius 2 is 2.24 bits per heavy atom. The van der Waals surface area contributed by atoms with Gasteiger partial charge >= 0.3 is 5.97 Å². The lowest BCUT2D eigenvalue weighted by atomic mass is 10.2. The summed E-state index contributed by atoms with van der Waals surface area (Å²) in [5, 5.41) is 0. The molecular weight excluding hydrogens is 303 g/mol. The number of carbonyl (C=O) groups is 1. The van der Waals surface area contributed by atoms with E-state index >= 15 is 0 Å². The largest absolute Gasteiger partial charge is 0.466 e. The molecule has 0 spiro atoms. The minimum absolute atomic E-state index is 0.127. The minimum Gasteiger partial charge on any atom is -0.466 e. The number of aromatic nitrogens is 1. The van der Waals surface area contributed by atoms with Gasteiger partial charge in [-0.1, -0.05) is 0 Å². The SMILES string of the molecule is CCOC(=O)Cc1nc(C(F)F)c(Br)cc1F. The molecule has 0 atom stereocenters. The van der Waals surface area contributed by atoms with Crippen LogP contribution in [0.25, 0.3) is 0 Å². The molecule has 3 nitrogen and oxygen atoms in total. The third kappa shape index (κ3) is 3.69. The maximum absolute atomic E-state index is 13.3. The molecule has 0 saturated carbocycles. The topological polar surface area (TPSA) is 39.2 Å². The summed E-state index contributed by atoms with van der Waals surface area (Å²) in [5.41, 5.74) is -0.937. The van der Waals surface area contributed by atoms with Crippen molar-refractivity contribution >= 4 is 21.9 Å². The highest BCUT2D eigenvalue weighted by Gasteiger charge is 2.19. The highest BCUT2D eigenvalue weighted by atomic mass is 79.9. The molecule has 0 bridgehead atoms. The van der Waals surface area contributed by atoms with Crippen LogP contribution in [0.15, 0.2) is 10.5 Å². The van der Waals surface area contributed by atoms with E-state index in [1.807, 2.05) is 0 Å². The number of halogens is 4. The molecule has 0 amide bonds. The van der Waals surface area contributed by atoms with Gasteiger partial charge in [-0.3, -0.25) is 4.79 Å². The normalized spacial score (nSPS) is 10.7. The number of nitrogens with zero attached hydrogens (tertiary/aromatic N) is 1. The van der Waals surface area contributed by atoms with E-state index in [0.717, 1.165) is 6.07 Å². The van der Waals surface area contributed by atoms with Crippen molar-refractivity contribution in [3.8, 4) is 0 Å². The van der Waals surface area contributed by atoms with Crippen LogP contribution in [0.5, 0.6) is 0 Å². The molecule has 0 N–H and O–H groups in total. The Morgan fingerprint density at radius 1 is 1.59 bits per heavy atom. The van der Waals surface area contributed by atoms with Crippen LogP contribution in [0, 0.1) is 5.82 Å². The van der Waals surface area contributed by atoms with E-state index in [1.165, 1.54) is 0 Å². The fraction of sp³-hybridized carbons (Fsp3) is 0.400. The molecule has 0 radical (unpaired) electrons. The summed E-state index contributed by atoms with van der Waals surface area (Å²) in [6, 6.07) is 0.864. The van der Waals surface area contributed by atoms with Crippen LogP contribution in [-0.2, 0) is 16.0 Å². The molecule has 1 heterocycles. The Bertz CT molecular complexity index is 426. The molecule has 0 aliphatic carbocycles. The minimum atomic E-state index is -2.84. The Labute approximate surface area is 104 Å². The molecule has 0 saturated heterocycles. The predicted molar refractivity (Wildman–Crippen MR) is 57.2 cm³/mol. The van der Waals surface area contributed by atoms with Crippen LogP contribution in [0.2, 0.25) is 0 Å². The standard InChI is InChI=1S/C10H9BrF3NO2/c1-2-17-8(16)4-7-6(12)3-5(11)9(15-7)10(13)14/h3,10H,2,4H2,1H3. The Balaban J connectivity index is 2.99. The van der Waals surface area contributed by atoms with Gasteiger partial charge < -0.3 is 4.74 Å². The van der Waals surface area contributed by atoms with Crippen molar-refractivity contribution < 1.29 is 22.7 Å². The number of pyridine rings is 1. The van der Waals surface area contributed by atoms with Gasteiger partial charge in [-0.15, -0.1) is 0 Å². The molecule has 0 fully saturated rings. The second-order valence-corrected chi connectivity index (χ2v) is 3.92. The quantitative estimate of drug-likeness (QED) is 0.802. The van der Waals surface area contributed by atoms with Gasteiger partial charge in [-0.2, -0.15) is 0 Å². The lowest BCUT2D eigenvalue weighted by Crippen LogP contribution is -2.11. The predicted octanol–water partition coefficient (Wildman–Crippen LogP) is 3.03.